The third-order valence-electron chi connectivity index (χ3n) is 4.82. The number of para-hydroxylation sites is 2. The second-order valence-corrected chi connectivity index (χ2v) is 8.35. The zero-order valence-electron chi connectivity index (χ0n) is 17.0. The Hall–Kier alpha value is -3.13. The van der Waals surface area contributed by atoms with E-state index in [-0.39, 0.29) is 30.0 Å². The molecule has 2 heterocycles. The van der Waals surface area contributed by atoms with Crippen LogP contribution in [0.3, 0.4) is 0 Å². The van der Waals surface area contributed by atoms with Gasteiger partial charge < -0.3 is 14.6 Å². The van der Waals surface area contributed by atoms with Crippen molar-refractivity contribution in [3.63, 3.8) is 0 Å². The number of carbonyl (C=O) groups excluding carboxylic acids is 2. The first-order valence-corrected chi connectivity index (χ1v) is 10.6. The van der Waals surface area contributed by atoms with Gasteiger partial charge in [0.05, 0.1) is 17.1 Å². The van der Waals surface area contributed by atoms with Crippen molar-refractivity contribution in [2.45, 2.75) is 38.5 Å². The number of rotatable bonds is 4. The van der Waals surface area contributed by atoms with Crippen molar-refractivity contribution in [2.24, 2.45) is 0 Å². The molecule has 1 aliphatic rings. The van der Waals surface area contributed by atoms with Crippen LogP contribution in [0.15, 0.2) is 52.1 Å². The van der Waals surface area contributed by atoms with Gasteiger partial charge in [0.25, 0.3) is 5.22 Å². The summed E-state index contributed by atoms with van der Waals surface area (Å²) in [6.07, 6.45) is 0.239. The minimum Gasteiger partial charge on any atom is -0.411 e. The predicted molar refractivity (Wildman–Crippen MR) is 117 cm³/mol. The van der Waals surface area contributed by atoms with Gasteiger partial charge in [0, 0.05) is 18.0 Å². The Kier molecular flexibility index (Phi) is 5.59. The van der Waals surface area contributed by atoms with Gasteiger partial charge in [-0.2, -0.15) is 0 Å². The molecule has 0 spiro atoms. The Morgan fingerprint density at radius 2 is 1.93 bits per heavy atom. The number of aryl methyl sites for hydroxylation is 2. The molecule has 2 aromatic carbocycles. The quantitative estimate of drug-likeness (QED) is 0.634. The van der Waals surface area contributed by atoms with E-state index in [1.165, 1.54) is 11.8 Å². The van der Waals surface area contributed by atoms with E-state index in [1.807, 2.05) is 51.1 Å². The average Bonchev–Trinajstić information content (AvgIpc) is 3.11. The van der Waals surface area contributed by atoms with Crippen molar-refractivity contribution < 1.29 is 14.0 Å². The number of thioether (sulfide) groups is 1. The number of fused-ring (bicyclic) bond motifs is 1. The van der Waals surface area contributed by atoms with Crippen LogP contribution < -0.4 is 10.2 Å². The molecule has 154 valence electrons. The maximum absolute atomic E-state index is 13.0. The van der Waals surface area contributed by atoms with Crippen LogP contribution in [0.5, 0.6) is 0 Å². The summed E-state index contributed by atoms with van der Waals surface area (Å²) in [6.45, 7) is 5.90. The number of hydrogen-bond donors (Lipinski definition) is 1. The number of aromatic nitrogens is 2. The molecule has 0 unspecified atom stereocenters. The monoisotopic (exact) mass is 422 g/mol. The summed E-state index contributed by atoms with van der Waals surface area (Å²) in [4.78, 5) is 26.8. The van der Waals surface area contributed by atoms with Crippen molar-refractivity contribution in [3.05, 3.63) is 53.6 Å². The lowest BCUT2D eigenvalue weighted by molar-refractivity contribution is -0.117. The van der Waals surface area contributed by atoms with Gasteiger partial charge in [-0.3, -0.25) is 9.59 Å². The summed E-state index contributed by atoms with van der Waals surface area (Å²) in [6, 6.07) is 13.1. The molecule has 0 saturated heterocycles. The molecule has 30 heavy (non-hydrogen) atoms. The topological polar surface area (TPSA) is 88.3 Å². The van der Waals surface area contributed by atoms with E-state index in [4.69, 9.17) is 4.42 Å². The largest absolute Gasteiger partial charge is 0.411 e. The molecule has 0 saturated carbocycles. The van der Waals surface area contributed by atoms with Crippen molar-refractivity contribution in [2.75, 3.05) is 16.0 Å². The zero-order chi connectivity index (χ0) is 21.3. The molecule has 8 heteroatoms. The number of carbonyl (C=O) groups is 2. The average molecular weight is 423 g/mol. The van der Waals surface area contributed by atoms with Gasteiger partial charge in [0.1, 0.15) is 0 Å². The standard InChI is InChI=1S/C22H22N4O3S/c1-13-8-14(2)10-16(9-13)21-24-25-22(29-21)30-12-20(28)26-15(3)11-19(27)23-17-6-4-5-7-18(17)26/h4-10,15H,11-12H2,1-3H3,(H,23,27)/t15-/m1/s1. The Bertz CT molecular complexity index is 1090. The first-order chi connectivity index (χ1) is 14.4. The highest BCUT2D eigenvalue weighted by molar-refractivity contribution is 7.99. The van der Waals surface area contributed by atoms with Gasteiger partial charge in [-0.15, -0.1) is 10.2 Å². The van der Waals surface area contributed by atoms with E-state index in [2.05, 4.69) is 21.6 Å². The molecule has 0 aliphatic carbocycles. The molecule has 4 rings (SSSR count). The Labute approximate surface area is 178 Å². The van der Waals surface area contributed by atoms with Gasteiger partial charge in [0.15, 0.2) is 0 Å². The van der Waals surface area contributed by atoms with E-state index in [0.29, 0.717) is 22.5 Å². The number of benzene rings is 2. The third kappa shape index (κ3) is 4.23. The van der Waals surface area contributed by atoms with Gasteiger partial charge >= 0.3 is 0 Å². The van der Waals surface area contributed by atoms with Gasteiger partial charge in [-0.05, 0) is 45.0 Å². The van der Waals surface area contributed by atoms with Crippen LogP contribution in [-0.2, 0) is 9.59 Å². The zero-order valence-corrected chi connectivity index (χ0v) is 17.8. The Balaban J connectivity index is 1.50. The van der Waals surface area contributed by atoms with Gasteiger partial charge in [-0.1, -0.05) is 41.1 Å². The second-order valence-electron chi connectivity index (χ2n) is 7.42. The van der Waals surface area contributed by atoms with Crippen LogP contribution in [0, 0.1) is 13.8 Å². The van der Waals surface area contributed by atoms with Crippen molar-refractivity contribution in [3.8, 4) is 11.5 Å². The Morgan fingerprint density at radius 1 is 1.20 bits per heavy atom. The summed E-state index contributed by atoms with van der Waals surface area (Å²) >= 11 is 1.19. The van der Waals surface area contributed by atoms with Crippen LogP contribution in [-0.4, -0.2) is 33.8 Å². The lowest BCUT2D eigenvalue weighted by atomic mass is 10.1. The molecule has 1 aromatic heterocycles. The van der Waals surface area contributed by atoms with Crippen LogP contribution in [0.1, 0.15) is 24.5 Å². The SMILES string of the molecule is Cc1cc(C)cc(-c2nnc(SCC(=O)N3c4ccccc4NC(=O)C[C@H]3C)o2)c1. The number of amides is 2. The summed E-state index contributed by atoms with van der Waals surface area (Å²) in [5.41, 5.74) is 4.43. The second kappa shape index (κ2) is 8.31. The maximum atomic E-state index is 13.0. The highest BCUT2D eigenvalue weighted by atomic mass is 32.2. The Morgan fingerprint density at radius 3 is 2.70 bits per heavy atom. The molecule has 3 aromatic rings. The van der Waals surface area contributed by atoms with Crippen molar-refractivity contribution >= 4 is 35.0 Å². The smallest absolute Gasteiger partial charge is 0.277 e. The summed E-state index contributed by atoms with van der Waals surface area (Å²) < 4.78 is 5.76. The summed E-state index contributed by atoms with van der Waals surface area (Å²) in [7, 11) is 0. The van der Waals surface area contributed by atoms with E-state index in [0.717, 1.165) is 16.7 Å². The first kappa shape index (κ1) is 20.2. The lowest BCUT2D eigenvalue weighted by Crippen LogP contribution is -2.40. The minimum atomic E-state index is -0.254. The fraction of sp³-hybridized carbons (Fsp3) is 0.273. The number of nitrogens with zero attached hydrogens (tertiary/aromatic N) is 3. The van der Waals surface area contributed by atoms with Crippen molar-refractivity contribution in [1.29, 1.82) is 0 Å². The summed E-state index contributed by atoms with van der Waals surface area (Å²) in [5.74, 6) is 0.331. The van der Waals surface area contributed by atoms with Crippen LogP contribution in [0.25, 0.3) is 11.5 Å². The fourth-order valence-electron chi connectivity index (χ4n) is 3.64. The van der Waals surface area contributed by atoms with Crippen molar-refractivity contribution in [1.82, 2.24) is 10.2 Å². The third-order valence-corrected chi connectivity index (χ3v) is 5.63. The molecular formula is C22H22N4O3S. The predicted octanol–water partition coefficient (Wildman–Crippen LogP) is 4.21. The minimum absolute atomic E-state index is 0.104. The number of hydrogen-bond acceptors (Lipinski definition) is 6. The molecule has 1 N–H and O–H groups in total. The molecule has 7 nitrogen and oxygen atoms in total. The molecule has 0 fully saturated rings. The summed E-state index contributed by atoms with van der Waals surface area (Å²) in [5, 5.41) is 11.4. The van der Waals surface area contributed by atoms with Gasteiger partial charge in [0.2, 0.25) is 17.7 Å². The lowest BCUT2D eigenvalue weighted by Gasteiger charge is -2.27. The van der Waals surface area contributed by atoms with E-state index >= 15 is 0 Å². The molecule has 2 amide bonds. The fourth-order valence-corrected chi connectivity index (χ4v) is 4.27. The van der Waals surface area contributed by atoms with Crippen LogP contribution >= 0.6 is 11.8 Å². The molecule has 1 atom stereocenters. The highest BCUT2D eigenvalue weighted by Crippen LogP contribution is 2.32. The first-order valence-electron chi connectivity index (χ1n) is 9.66. The van der Waals surface area contributed by atoms with Crippen LogP contribution in [0.2, 0.25) is 0 Å². The van der Waals surface area contributed by atoms with Crippen LogP contribution in [0.4, 0.5) is 11.4 Å². The van der Waals surface area contributed by atoms with E-state index < -0.39 is 0 Å². The van der Waals surface area contributed by atoms with E-state index in [1.54, 1.807) is 11.0 Å². The van der Waals surface area contributed by atoms with Gasteiger partial charge in [-0.25, -0.2) is 0 Å². The molecule has 0 bridgehead atoms. The van der Waals surface area contributed by atoms with E-state index in [9.17, 15) is 9.59 Å². The maximum Gasteiger partial charge on any atom is 0.277 e. The normalized spacial score (nSPS) is 16.0. The number of anilines is 2. The number of nitrogens with one attached hydrogen (secondary N) is 1. The molecular weight excluding hydrogens is 400 g/mol. The highest BCUT2D eigenvalue weighted by Gasteiger charge is 2.29. The molecule has 0 radical (unpaired) electrons. The molecule has 1 aliphatic heterocycles.